The third-order valence-electron chi connectivity index (χ3n) is 7.91. The first kappa shape index (κ1) is 19.9. The van der Waals surface area contributed by atoms with Crippen LogP contribution in [0.2, 0.25) is 0 Å². The first-order chi connectivity index (χ1) is 13.2. The zero-order valence-corrected chi connectivity index (χ0v) is 18.1. The number of nitrogens with zero attached hydrogens (tertiary/aromatic N) is 2. The molecule has 0 unspecified atom stereocenters. The highest BCUT2D eigenvalue weighted by atomic mass is 32.2. The van der Waals surface area contributed by atoms with Crippen LogP contribution in [0.3, 0.4) is 0 Å². The van der Waals surface area contributed by atoms with Crippen molar-refractivity contribution in [1.29, 1.82) is 0 Å². The Labute approximate surface area is 169 Å². The molecule has 2 atom stereocenters. The molecule has 1 aromatic carbocycles. The monoisotopic (exact) mass is 404 g/mol. The minimum atomic E-state index is -3.45. The number of anilines is 1. The van der Waals surface area contributed by atoms with E-state index in [4.69, 9.17) is 0 Å². The molecule has 1 aromatic rings. The van der Waals surface area contributed by atoms with Gasteiger partial charge < -0.3 is 4.90 Å². The molecule has 4 rings (SSSR count). The number of ketones is 1. The van der Waals surface area contributed by atoms with Gasteiger partial charge in [-0.05, 0) is 42.2 Å². The van der Waals surface area contributed by atoms with E-state index >= 15 is 0 Å². The Kier molecular flexibility index (Phi) is 4.86. The van der Waals surface area contributed by atoms with Crippen molar-refractivity contribution in [2.45, 2.75) is 46.5 Å². The van der Waals surface area contributed by atoms with Gasteiger partial charge in [0.25, 0.3) is 0 Å². The van der Waals surface area contributed by atoms with Crippen molar-refractivity contribution in [2.75, 3.05) is 36.8 Å². The number of rotatable bonds is 5. The van der Waals surface area contributed by atoms with Crippen molar-refractivity contribution in [3.05, 3.63) is 29.8 Å². The zero-order valence-electron chi connectivity index (χ0n) is 17.3. The Morgan fingerprint density at radius 1 is 1.11 bits per heavy atom. The van der Waals surface area contributed by atoms with Gasteiger partial charge in [-0.15, -0.1) is 0 Å². The number of para-hydroxylation sites is 1. The van der Waals surface area contributed by atoms with Crippen molar-refractivity contribution in [2.24, 2.45) is 16.7 Å². The molecule has 6 heteroatoms. The summed E-state index contributed by atoms with van der Waals surface area (Å²) in [5.41, 5.74) is 1.63. The first-order valence-electron chi connectivity index (χ1n) is 10.6. The molecule has 154 valence electrons. The van der Waals surface area contributed by atoms with E-state index in [-0.39, 0.29) is 17.0 Å². The molecule has 2 bridgehead atoms. The molecule has 3 fully saturated rings. The molecule has 1 aliphatic heterocycles. The molecule has 0 aromatic heterocycles. The van der Waals surface area contributed by atoms with Gasteiger partial charge in [0.1, 0.15) is 5.78 Å². The highest BCUT2D eigenvalue weighted by Gasteiger charge is 2.65. The Morgan fingerprint density at radius 2 is 1.79 bits per heavy atom. The Bertz CT molecular complexity index is 872. The summed E-state index contributed by atoms with van der Waals surface area (Å²) in [4.78, 5) is 15.0. The molecule has 3 aliphatic rings. The fourth-order valence-corrected chi connectivity index (χ4v) is 8.04. The lowest BCUT2D eigenvalue weighted by molar-refractivity contribution is -0.128. The van der Waals surface area contributed by atoms with E-state index in [1.807, 2.05) is 6.07 Å². The summed E-state index contributed by atoms with van der Waals surface area (Å²) >= 11 is 0. The minimum absolute atomic E-state index is 0.00607. The van der Waals surface area contributed by atoms with Crippen molar-refractivity contribution in [3.8, 4) is 0 Å². The number of hydrogen-bond acceptors (Lipinski definition) is 4. The highest BCUT2D eigenvalue weighted by Crippen LogP contribution is 2.64. The van der Waals surface area contributed by atoms with Crippen LogP contribution >= 0.6 is 0 Å². The average molecular weight is 405 g/mol. The number of fused-ring (bicyclic) bond motifs is 2. The van der Waals surface area contributed by atoms with Crippen molar-refractivity contribution < 1.29 is 13.2 Å². The largest absolute Gasteiger partial charge is 0.369 e. The maximum Gasteiger partial charge on any atom is 0.215 e. The van der Waals surface area contributed by atoms with E-state index < -0.39 is 15.4 Å². The molecular weight excluding hydrogens is 372 g/mol. The first-order valence-corrected chi connectivity index (χ1v) is 12.2. The van der Waals surface area contributed by atoms with Crippen LogP contribution in [0.15, 0.2) is 24.3 Å². The van der Waals surface area contributed by atoms with Crippen LogP contribution < -0.4 is 4.90 Å². The summed E-state index contributed by atoms with van der Waals surface area (Å²) in [5.74, 6) is 0.513. The topological polar surface area (TPSA) is 57.7 Å². The average Bonchev–Trinajstić information content (AvgIpc) is 3.02. The van der Waals surface area contributed by atoms with Gasteiger partial charge in [0.15, 0.2) is 0 Å². The highest BCUT2D eigenvalue weighted by molar-refractivity contribution is 7.89. The normalized spacial score (nSPS) is 30.2. The van der Waals surface area contributed by atoms with Gasteiger partial charge in [0.05, 0.1) is 5.75 Å². The molecule has 5 nitrogen and oxygen atoms in total. The van der Waals surface area contributed by atoms with Crippen LogP contribution in [0, 0.1) is 16.7 Å². The number of aryl methyl sites for hydroxylation is 1. The van der Waals surface area contributed by atoms with Crippen LogP contribution in [0.5, 0.6) is 0 Å². The lowest BCUT2D eigenvalue weighted by Crippen LogP contribution is -2.53. The van der Waals surface area contributed by atoms with Crippen molar-refractivity contribution in [3.63, 3.8) is 0 Å². The number of carbonyl (C=O) groups excluding carboxylic acids is 1. The SMILES string of the molecule is CCc1ccccc1N1CCN(S(=O)(=O)C[C@@]23CC[C@H](CC2=O)C3(C)C)CC1. The summed E-state index contributed by atoms with van der Waals surface area (Å²) in [6, 6.07) is 8.36. The van der Waals surface area contributed by atoms with Gasteiger partial charge in [0, 0.05) is 43.7 Å². The molecule has 2 aliphatic carbocycles. The fraction of sp³-hybridized carbons (Fsp3) is 0.682. The third-order valence-corrected chi connectivity index (χ3v) is 9.92. The molecule has 0 N–H and O–H groups in total. The third kappa shape index (κ3) is 2.91. The number of piperazine rings is 1. The summed E-state index contributed by atoms with van der Waals surface area (Å²) < 4.78 is 28.2. The van der Waals surface area contributed by atoms with Crippen molar-refractivity contribution in [1.82, 2.24) is 4.31 Å². The fourth-order valence-electron chi connectivity index (χ4n) is 5.84. The quantitative estimate of drug-likeness (QED) is 0.757. The molecule has 2 saturated carbocycles. The van der Waals surface area contributed by atoms with E-state index in [9.17, 15) is 13.2 Å². The molecular formula is C22H32N2O3S. The second-order valence-corrected chi connectivity index (χ2v) is 11.3. The van der Waals surface area contributed by atoms with E-state index in [0.29, 0.717) is 38.5 Å². The molecule has 0 amide bonds. The van der Waals surface area contributed by atoms with Crippen molar-refractivity contribution >= 4 is 21.5 Å². The lowest BCUT2D eigenvalue weighted by Gasteiger charge is -2.40. The molecule has 0 radical (unpaired) electrons. The Balaban J connectivity index is 1.48. The zero-order chi connectivity index (χ0) is 20.2. The summed E-state index contributed by atoms with van der Waals surface area (Å²) in [5, 5.41) is 0. The maximum atomic E-state index is 13.3. The van der Waals surface area contributed by atoms with E-state index in [2.05, 4.69) is 43.9 Å². The van der Waals surface area contributed by atoms with Gasteiger partial charge in [0.2, 0.25) is 10.0 Å². The van der Waals surface area contributed by atoms with E-state index in [1.165, 1.54) is 11.3 Å². The van der Waals surface area contributed by atoms with Crippen LogP contribution in [-0.4, -0.2) is 50.4 Å². The number of sulfonamides is 1. The van der Waals surface area contributed by atoms with Gasteiger partial charge in [-0.25, -0.2) is 8.42 Å². The summed E-state index contributed by atoms with van der Waals surface area (Å²) in [6.45, 7) is 8.74. The van der Waals surface area contributed by atoms with Crippen LogP contribution in [0.25, 0.3) is 0 Å². The smallest absolute Gasteiger partial charge is 0.215 e. The van der Waals surface area contributed by atoms with Gasteiger partial charge >= 0.3 is 0 Å². The van der Waals surface area contributed by atoms with E-state index in [1.54, 1.807) is 4.31 Å². The Morgan fingerprint density at radius 3 is 2.36 bits per heavy atom. The van der Waals surface area contributed by atoms with E-state index in [0.717, 1.165) is 19.3 Å². The molecule has 28 heavy (non-hydrogen) atoms. The number of benzene rings is 1. The minimum Gasteiger partial charge on any atom is -0.369 e. The standard InChI is InChI=1S/C22H32N2O3S/c1-4-17-7-5-6-8-19(17)23-11-13-24(14-12-23)28(26,27)16-22-10-9-18(15-20(22)25)21(22,2)3/h5-8,18H,4,9-16H2,1-3H3/t18-,22+/m1/s1. The number of Topliss-reactive ketones (excluding diaryl/α,β-unsaturated/α-hetero) is 1. The molecule has 1 heterocycles. The van der Waals surface area contributed by atoms with Gasteiger partial charge in [-0.3, -0.25) is 4.79 Å². The summed E-state index contributed by atoms with van der Waals surface area (Å²) in [6.07, 6.45) is 3.24. The maximum absolute atomic E-state index is 13.3. The lowest BCUT2D eigenvalue weighted by atomic mass is 9.70. The van der Waals surface area contributed by atoms with Crippen LogP contribution in [-0.2, 0) is 21.2 Å². The molecule has 0 spiro atoms. The van der Waals surface area contributed by atoms with Crippen LogP contribution in [0.4, 0.5) is 5.69 Å². The number of carbonyl (C=O) groups is 1. The number of hydrogen-bond donors (Lipinski definition) is 0. The van der Waals surface area contributed by atoms with Crippen LogP contribution in [0.1, 0.15) is 45.6 Å². The predicted octanol–water partition coefficient (Wildman–Crippen LogP) is 3.10. The Hall–Kier alpha value is -1.40. The second-order valence-electron chi connectivity index (χ2n) is 9.29. The molecule has 1 saturated heterocycles. The van der Waals surface area contributed by atoms with Gasteiger partial charge in [-0.1, -0.05) is 39.0 Å². The summed E-state index contributed by atoms with van der Waals surface area (Å²) in [7, 11) is -3.45. The van der Waals surface area contributed by atoms with Gasteiger partial charge in [-0.2, -0.15) is 4.31 Å². The second kappa shape index (κ2) is 6.84. The predicted molar refractivity (Wildman–Crippen MR) is 112 cm³/mol.